The molecule has 4 nitrogen and oxygen atoms in total. The Kier molecular flexibility index (Phi) is 8.57. The van der Waals surface area contributed by atoms with Gasteiger partial charge in [-0.05, 0) is 6.42 Å². The number of unbranched alkanes of at least 4 members (excludes halogenated alkanes) is 1. The van der Waals surface area contributed by atoms with Gasteiger partial charge in [0, 0.05) is 19.7 Å². The monoisotopic (exact) mass is 203 g/mol. The first-order valence-corrected chi connectivity index (χ1v) is 5.19. The molecule has 0 radical (unpaired) electrons. The molecule has 0 spiro atoms. The SMILES string of the molecule is CCCCOCCNCC(C)C(=O)O. The standard InChI is InChI=1S/C10H21NO3/c1-3-4-6-14-7-5-11-8-9(2)10(12)13/h9,11H,3-8H2,1-2H3,(H,12,13). The van der Waals surface area contributed by atoms with Crippen molar-refractivity contribution in [3.05, 3.63) is 0 Å². The van der Waals surface area contributed by atoms with Gasteiger partial charge >= 0.3 is 5.97 Å². The Morgan fingerprint density at radius 1 is 1.50 bits per heavy atom. The summed E-state index contributed by atoms with van der Waals surface area (Å²) in [5.74, 6) is -1.09. The zero-order valence-electron chi connectivity index (χ0n) is 9.08. The molecule has 0 aliphatic rings. The van der Waals surface area contributed by atoms with Crippen molar-refractivity contribution >= 4 is 5.97 Å². The summed E-state index contributed by atoms with van der Waals surface area (Å²) in [6.45, 7) is 6.50. The molecule has 0 aliphatic heterocycles. The molecule has 0 aromatic rings. The molecule has 0 fully saturated rings. The topological polar surface area (TPSA) is 58.6 Å². The van der Waals surface area contributed by atoms with Crippen LogP contribution in [0.3, 0.4) is 0 Å². The summed E-state index contributed by atoms with van der Waals surface area (Å²) in [5, 5.41) is 11.6. The van der Waals surface area contributed by atoms with E-state index in [1.807, 2.05) is 0 Å². The molecule has 0 amide bonds. The van der Waals surface area contributed by atoms with Crippen molar-refractivity contribution in [2.45, 2.75) is 26.7 Å². The quantitative estimate of drug-likeness (QED) is 0.551. The average molecular weight is 203 g/mol. The minimum absolute atomic E-state index is 0.328. The molecule has 84 valence electrons. The largest absolute Gasteiger partial charge is 0.481 e. The first kappa shape index (κ1) is 13.4. The molecular weight excluding hydrogens is 182 g/mol. The Morgan fingerprint density at radius 2 is 2.21 bits per heavy atom. The Hall–Kier alpha value is -0.610. The first-order chi connectivity index (χ1) is 6.68. The maximum Gasteiger partial charge on any atom is 0.307 e. The van der Waals surface area contributed by atoms with E-state index in [1.165, 1.54) is 0 Å². The van der Waals surface area contributed by atoms with E-state index < -0.39 is 5.97 Å². The maximum atomic E-state index is 10.4. The lowest BCUT2D eigenvalue weighted by atomic mass is 10.2. The Bertz CT molecular complexity index is 150. The van der Waals surface area contributed by atoms with Gasteiger partial charge in [-0.3, -0.25) is 4.79 Å². The Morgan fingerprint density at radius 3 is 2.79 bits per heavy atom. The fourth-order valence-corrected chi connectivity index (χ4v) is 0.899. The zero-order chi connectivity index (χ0) is 10.8. The molecular formula is C10H21NO3. The summed E-state index contributed by atoms with van der Waals surface area (Å²) in [4.78, 5) is 10.4. The van der Waals surface area contributed by atoms with Gasteiger partial charge in [0.15, 0.2) is 0 Å². The highest BCUT2D eigenvalue weighted by molar-refractivity contribution is 5.69. The van der Waals surface area contributed by atoms with E-state index in [1.54, 1.807) is 6.92 Å². The molecule has 0 aliphatic carbocycles. The number of nitrogens with one attached hydrogen (secondary N) is 1. The van der Waals surface area contributed by atoms with Crippen LogP contribution in [0.4, 0.5) is 0 Å². The van der Waals surface area contributed by atoms with Gasteiger partial charge < -0.3 is 15.2 Å². The van der Waals surface area contributed by atoms with Crippen molar-refractivity contribution in [3.8, 4) is 0 Å². The zero-order valence-corrected chi connectivity index (χ0v) is 9.08. The van der Waals surface area contributed by atoms with E-state index in [0.717, 1.165) is 26.0 Å². The van der Waals surface area contributed by atoms with Gasteiger partial charge in [0.2, 0.25) is 0 Å². The van der Waals surface area contributed by atoms with Gasteiger partial charge in [-0.1, -0.05) is 20.3 Å². The van der Waals surface area contributed by atoms with Crippen LogP contribution in [0.1, 0.15) is 26.7 Å². The summed E-state index contributed by atoms with van der Waals surface area (Å²) in [6.07, 6.45) is 2.23. The predicted molar refractivity (Wildman–Crippen MR) is 55.4 cm³/mol. The smallest absolute Gasteiger partial charge is 0.307 e. The molecule has 1 unspecified atom stereocenters. The van der Waals surface area contributed by atoms with Crippen molar-refractivity contribution in [2.75, 3.05) is 26.3 Å². The molecule has 0 aromatic heterocycles. The highest BCUT2D eigenvalue weighted by atomic mass is 16.5. The highest BCUT2D eigenvalue weighted by Crippen LogP contribution is 1.91. The van der Waals surface area contributed by atoms with Gasteiger partial charge in [-0.15, -0.1) is 0 Å². The van der Waals surface area contributed by atoms with Gasteiger partial charge in [0.1, 0.15) is 0 Å². The highest BCUT2D eigenvalue weighted by Gasteiger charge is 2.08. The third kappa shape index (κ3) is 8.01. The van der Waals surface area contributed by atoms with Crippen LogP contribution in [0.5, 0.6) is 0 Å². The number of ether oxygens (including phenoxy) is 1. The summed E-state index contributed by atoms with van der Waals surface area (Å²) in [6, 6.07) is 0. The average Bonchev–Trinajstić information content (AvgIpc) is 2.16. The lowest BCUT2D eigenvalue weighted by molar-refractivity contribution is -0.140. The van der Waals surface area contributed by atoms with E-state index in [-0.39, 0.29) is 5.92 Å². The number of rotatable bonds is 9. The summed E-state index contributed by atoms with van der Waals surface area (Å²) < 4.78 is 5.31. The Balaban J connectivity index is 3.09. The number of hydrogen-bond acceptors (Lipinski definition) is 3. The summed E-state index contributed by atoms with van der Waals surface area (Å²) in [5.41, 5.74) is 0. The third-order valence-electron chi connectivity index (χ3n) is 1.94. The van der Waals surface area contributed by atoms with Crippen molar-refractivity contribution in [1.82, 2.24) is 5.32 Å². The number of carboxylic acids is 1. The van der Waals surface area contributed by atoms with Crippen molar-refractivity contribution in [3.63, 3.8) is 0 Å². The lowest BCUT2D eigenvalue weighted by Crippen LogP contribution is -2.29. The van der Waals surface area contributed by atoms with Crippen LogP contribution in [0.2, 0.25) is 0 Å². The van der Waals surface area contributed by atoms with E-state index in [4.69, 9.17) is 9.84 Å². The van der Waals surface area contributed by atoms with Crippen LogP contribution < -0.4 is 5.32 Å². The fraction of sp³-hybridized carbons (Fsp3) is 0.900. The predicted octanol–water partition coefficient (Wildman–Crippen LogP) is 1.11. The first-order valence-electron chi connectivity index (χ1n) is 5.19. The third-order valence-corrected chi connectivity index (χ3v) is 1.94. The molecule has 14 heavy (non-hydrogen) atoms. The lowest BCUT2D eigenvalue weighted by Gasteiger charge is -2.08. The molecule has 1 atom stereocenters. The molecule has 0 bridgehead atoms. The van der Waals surface area contributed by atoms with E-state index >= 15 is 0 Å². The van der Waals surface area contributed by atoms with Crippen LogP contribution >= 0.6 is 0 Å². The second-order valence-electron chi connectivity index (χ2n) is 3.41. The van der Waals surface area contributed by atoms with Gasteiger partial charge in [0.05, 0.1) is 12.5 Å². The second kappa shape index (κ2) is 8.97. The van der Waals surface area contributed by atoms with Gasteiger partial charge in [-0.2, -0.15) is 0 Å². The van der Waals surface area contributed by atoms with Crippen molar-refractivity contribution in [1.29, 1.82) is 0 Å². The second-order valence-corrected chi connectivity index (χ2v) is 3.41. The van der Waals surface area contributed by atoms with E-state index in [0.29, 0.717) is 13.2 Å². The van der Waals surface area contributed by atoms with Gasteiger partial charge in [-0.25, -0.2) is 0 Å². The van der Waals surface area contributed by atoms with Crippen LogP contribution in [0, 0.1) is 5.92 Å². The molecule has 0 aromatic carbocycles. The summed E-state index contributed by atoms with van der Waals surface area (Å²) >= 11 is 0. The van der Waals surface area contributed by atoms with Crippen molar-refractivity contribution in [2.24, 2.45) is 5.92 Å². The number of carbonyl (C=O) groups is 1. The molecule has 4 heteroatoms. The summed E-state index contributed by atoms with van der Waals surface area (Å²) in [7, 11) is 0. The minimum atomic E-state index is -0.760. The normalized spacial score (nSPS) is 12.7. The molecule has 0 rings (SSSR count). The van der Waals surface area contributed by atoms with Gasteiger partial charge in [0.25, 0.3) is 0 Å². The minimum Gasteiger partial charge on any atom is -0.481 e. The number of hydrogen-bond donors (Lipinski definition) is 2. The van der Waals surface area contributed by atoms with E-state index in [2.05, 4.69) is 12.2 Å². The fourth-order valence-electron chi connectivity index (χ4n) is 0.899. The molecule has 0 heterocycles. The van der Waals surface area contributed by atoms with Crippen LogP contribution in [-0.2, 0) is 9.53 Å². The number of aliphatic carboxylic acids is 1. The number of carboxylic acid groups (broad SMARTS) is 1. The van der Waals surface area contributed by atoms with Crippen LogP contribution in [0.15, 0.2) is 0 Å². The Labute approximate surface area is 85.6 Å². The molecule has 0 saturated carbocycles. The van der Waals surface area contributed by atoms with Crippen LogP contribution in [0.25, 0.3) is 0 Å². The molecule has 2 N–H and O–H groups in total. The van der Waals surface area contributed by atoms with Crippen LogP contribution in [-0.4, -0.2) is 37.4 Å². The van der Waals surface area contributed by atoms with Crippen molar-refractivity contribution < 1.29 is 14.6 Å². The van der Waals surface area contributed by atoms with E-state index in [9.17, 15) is 4.79 Å². The molecule has 0 saturated heterocycles. The maximum absolute atomic E-state index is 10.4.